The molecule has 1 rings (SSSR count). The highest BCUT2D eigenvalue weighted by Crippen LogP contribution is 2.30. The maximum Gasteiger partial charge on any atom is 0.317 e. The van der Waals surface area contributed by atoms with Gasteiger partial charge in [-0.25, -0.2) is 0 Å². The van der Waals surface area contributed by atoms with Crippen LogP contribution in [0, 0.1) is 11.8 Å². The van der Waals surface area contributed by atoms with Gasteiger partial charge in [0.1, 0.15) is 11.7 Å². The Morgan fingerprint density at radius 2 is 1.79 bits per heavy atom. The second kappa shape index (κ2) is 4.21. The smallest absolute Gasteiger partial charge is 0.317 e. The van der Waals surface area contributed by atoms with Crippen LogP contribution in [0.1, 0.15) is 12.8 Å². The predicted octanol–water partition coefficient (Wildman–Crippen LogP) is -0.0723. The Balaban J connectivity index is 2.81. The normalized spacial score (nSPS) is 26.0. The van der Waals surface area contributed by atoms with E-state index in [1.165, 1.54) is 14.2 Å². The van der Waals surface area contributed by atoms with Crippen molar-refractivity contribution in [3.63, 3.8) is 0 Å². The average Bonchev–Trinajstić information content (AvgIpc) is 2.58. The topological polar surface area (TPSA) is 69.7 Å². The molecule has 0 spiro atoms. The molecule has 0 aromatic rings. The minimum atomic E-state index is -0.965. The number of ether oxygens (including phenoxy) is 2. The van der Waals surface area contributed by atoms with E-state index in [0.29, 0.717) is 6.42 Å². The molecular weight excluding hydrogens is 188 g/mol. The summed E-state index contributed by atoms with van der Waals surface area (Å²) in [7, 11) is 2.43. The van der Waals surface area contributed by atoms with Gasteiger partial charge >= 0.3 is 11.9 Å². The maximum atomic E-state index is 11.3. The van der Waals surface area contributed by atoms with Crippen LogP contribution in [0.25, 0.3) is 0 Å². The third-order valence-corrected chi connectivity index (χ3v) is 2.41. The molecule has 0 amide bonds. The van der Waals surface area contributed by atoms with E-state index >= 15 is 0 Å². The van der Waals surface area contributed by atoms with Crippen LogP contribution in [0.3, 0.4) is 0 Å². The molecule has 1 aliphatic carbocycles. The summed E-state index contributed by atoms with van der Waals surface area (Å²) in [5, 5.41) is 0. The van der Waals surface area contributed by atoms with Crippen LogP contribution in [0.15, 0.2) is 0 Å². The first-order valence-electron chi connectivity index (χ1n) is 4.30. The molecule has 0 saturated heterocycles. The average molecular weight is 200 g/mol. The molecule has 0 aromatic heterocycles. The van der Waals surface area contributed by atoms with Crippen molar-refractivity contribution in [2.45, 2.75) is 12.8 Å². The molecule has 1 fully saturated rings. The summed E-state index contributed by atoms with van der Waals surface area (Å²) in [4.78, 5) is 33.7. The largest absolute Gasteiger partial charge is 0.469 e. The van der Waals surface area contributed by atoms with Crippen LogP contribution < -0.4 is 0 Å². The zero-order valence-corrected chi connectivity index (χ0v) is 8.11. The fourth-order valence-electron chi connectivity index (χ4n) is 1.67. The summed E-state index contributed by atoms with van der Waals surface area (Å²) in [5.41, 5.74) is 0. The second-order valence-electron chi connectivity index (χ2n) is 3.14. The molecule has 0 unspecified atom stereocenters. The Kier molecular flexibility index (Phi) is 3.22. The van der Waals surface area contributed by atoms with Crippen LogP contribution in [-0.4, -0.2) is 31.9 Å². The first-order valence-corrected chi connectivity index (χ1v) is 4.30. The molecular formula is C9H12O5. The van der Waals surface area contributed by atoms with Crippen LogP contribution >= 0.6 is 0 Å². The summed E-state index contributed by atoms with van der Waals surface area (Å²) < 4.78 is 8.97. The molecule has 0 heterocycles. The highest BCUT2D eigenvalue weighted by atomic mass is 16.5. The van der Waals surface area contributed by atoms with Gasteiger partial charge in [-0.3, -0.25) is 14.4 Å². The van der Waals surface area contributed by atoms with Gasteiger partial charge in [0.25, 0.3) is 0 Å². The van der Waals surface area contributed by atoms with E-state index in [9.17, 15) is 14.4 Å². The lowest BCUT2D eigenvalue weighted by molar-refractivity contribution is -0.158. The van der Waals surface area contributed by atoms with Gasteiger partial charge in [0.2, 0.25) is 0 Å². The lowest BCUT2D eigenvalue weighted by Gasteiger charge is -2.13. The molecule has 14 heavy (non-hydrogen) atoms. The van der Waals surface area contributed by atoms with E-state index in [-0.39, 0.29) is 12.2 Å². The molecule has 5 heteroatoms. The Morgan fingerprint density at radius 3 is 2.29 bits per heavy atom. The fourth-order valence-corrected chi connectivity index (χ4v) is 1.67. The zero-order valence-electron chi connectivity index (χ0n) is 8.11. The second-order valence-corrected chi connectivity index (χ2v) is 3.14. The number of carbonyl (C=O) groups is 3. The van der Waals surface area contributed by atoms with Crippen molar-refractivity contribution in [3.8, 4) is 0 Å². The number of rotatable bonds is 2. The zero-order chi connectivity index (χ0) is 10.7. The van der Waals surface area contributed by atoms with E-state index in [4.69, 9.17) is 0 Å². The monoisotopic (exact) mass is 200 g/mol. The van der Waals surface area contributed by atoms with Crippen molar-refractivity contribution >= 4 is 17.7 Å². The molecule has 0 N–H and O–H groups in total. The van der Waals surface area contributed by atoms with Gasteiger partial charge in [-0.2, -0.15) is 0 Å². The van der Waals surface area contributed by atoms with Gasteiger partial charge < -0.3 is 9.47 Å². The van der Waals surface area contributed by atoms with Gasteiger partial charge in [0.15, 0.2) is 0 Å². The minimum Gasteiger partial charge on any atom is -0.469 e. The molecule has 0 aliphatic heterocycles. The Morgan fingerprint density at radius 1 is 1.21 bits per heavy atom. The van der Waals surface area contributed by atoms with Crippen LogP contribution in [-0.2, 0) is 23.9 Å². The van der Waals surface area contributed by atoms with Gasteiger partial charge in [0, 0.05) is 6.42 Å². The molecule has 5 nitrogen and oxygen atoms in total. The van der Waals surface area contributed by atoms with E-state index in [1.54, 1.807) is 0 Å². The Hall–Kier alpha value is -1.39. The lowest BCUT2D eigenvalue weighted by atomic mass is 9.96. The first kappa shape index (κ1) is 10.7. The van der Waals surface area contributed by atoms with Crippen molar-refractivity contribution in [2.24, 2.45) is 11.8 Å². The van der Waals surface area contributed by atoms with E-state index < -0.39 is 23.8 Å². The first-order chi connectivity index (χ1) is 6.61. The summed E-state index contributed by atoms with van der Waals surface area (Å²) in [6.45, 7) is 0. The number of methoxy groups -OCH3 is 2. The van der Waals surface area contributed by atoms with Crippen molar-refractivity contribution in [1.82, 2.24) is 0 Å². The predicted molar refractivity (Wildman–Crippen MR) is 45.3 cm³/mol. The molecule has 1 saturated carbocycles. The number of Topliss-reactive ketones (excluding diaryl/α,β-unsaturated/α-hetero) is 1. The minimum absolute atomic E-state index is 0.236. The quantitative estimate of drug-likeness (QED) is 0.461. The van der Waals surface area contributed by atoms with Crippen molar-refractivity contribution < 1.29 is 23.9 Å². The summed E-state index contributed by atoms with van der Waals surface area (Å²) in [5.74, 6) is -3.05. The number of hydrogen-bond donors (Lipinski definition) is 0. The molecule has 2 atom stereocenters. The summed E-state index contributed by atoms with van der Waals surface area (Å²) in [6.07, 6.45) is 0.602. The third-order valence-electron chi connectivity index (χ3n) is 2.41. The summed E-state index contributed by atoms with van der Waals surface area (Å²) in [6, 6.07) is 0. The number of carbonyl (C=O) groups excluding carboxylic acids is 3. The Labute approximate surface area is 81.4 Å². The number of ketones is 1. The molecule has 1 aliphatic rings. The maximum absolute atomic E-state index is 11.3. The number of hydrogen-bond acceptors (Lipinski definition) is 5. The van der Waals surface area contributed by atoms with Gasteiger partial charge in [-0.05, 0) is 6.42 Å². The highest BCUT2D eigenvalue weighted by Gasteiger charge is 2.45. The SMILES string of the molecule is COC(=O)[C@H]1C(=O)CC[C@@H]1C(=O)OC. The van der Waals surface area contributed by atoms with Gasteiger partial charge in [-0.1, -0.05) is 0 Å². The number of esters is 2. The van der Waals surface area contributed by atoms with Crippen molar-refractivity contribution in [3.05, 3.63) is 0 Å². The van der Waals surface area contributed by atoms with Gasteiger partial charge in [0.05, 0.1) is 20.1 Å². The van der Waals surface area contributed by atoms with Crippen molar-refractivity contribution in [2.75, 3.05) is 14.2 Å². The van der Waals surface area contributed by atoms with Crippen LogP contribution in [0.2, 0.25) is 0 Å². The van der Waals surface area contributed by atoms with E-state index in [2.05, 4.69) is 9.47 Å². The third kappa shape index (κ3) is 1.76. The van der Waals surface area contributed by atoms with E-state index in [0.717, 1.165) is 0 Å². The lowest BCUT2D eigenvalue weighted by Crippen LogP contribution is -2.31. The van der Waals surface area contributed by atoms with Crippen LogP contribution in [0.4, 0.5) is 0 Å². The van der Waals surface area contributed by atoms with Crippen LogP contribution in [0.5, 0.6) is 0 Å². The standard InChI is InChI=1S/C9H12O5/c1-13-8(11)5-3-4-6(10)7(5)9(12)14-2/h5,7H,3-4H2,1-2H3/t5-,7+/m0/s1. The van der Waals surface area contributed by atoms with Crippen molar-refractivity contribution in [1.29, 1.82) is 0 Å². The molecule has 78 valence electrons. The summed E-state index contributed by atoms with van der Waals surface area (Å²) >= 11 is 0. The van der Waals surface area contributed by atoms with E-state index in [1.807, 2.05) is 0 Å². The van der Waals surface area contributed by atoms with Gasteiger partial charge in [-0.15, -0.1) is 0 Å². The molecule has 0 bridgehead atoms. The fraction of sp³-hybridized carbons (Fsp3) is 0.667. The molecule has 0 radical (unpaired) electrons. The highest BCUT2D eigenvalue weighted by molar-refractivity contribution is 6.04. The Bertz CT molecular complexity index is 270. The molecule has 0 aromatic carbocycles.